The van der Waals surface area contributed by atoms with Crippen LogP contribution in [-0.2, 0) is 4.79 Å². The van der Waals surface area contributed by atoms with Crippen molar-refractivity contribution in [2.45, 2.75) is 57.2 Å². The lowest BCUT2D eigenvalue weighted by molar-refractivity contribution is -0.128. The van der Waals surface area contributed by atoms with Gasteiger partial charge in [-0.3, -0.25) is 4.79 Å². The van der Waals surface area contributed by atoms with Crippen LogP contribution in [0.1, 0.15) is 38.5 Å². The Kier molecular flexibility index (Phi) is 5.71. The number of nitrogens with zero attached hydrogens (tertiary/aromatic N) is 1. The lowest BCUT2D eigenvalue weighted by atomic mass is 9.65. The van der Waals surface area contributed by atoms with Gasteiger partial charge in [-0.15, -0.1) is 0 Å². The third-order valence-corrected chi connectivity index (χ3v) is 6.74. The van der Waals surface area contributed by atoms with Crippen LogP contribution in [0.2, 0.25) is 0 Å². The average Bonchev–Trinajstić information content (AvgIpc) is 3.09. The number of halogens is 2. The molecular formula is C21H29F2N3O2. The molecule has 1 amide bonds. The maximum Gasteiger partial charge on any atom is 0.387 e. The van der Waals surface area contributed by atoms with Gasteiger partial charge in [0.25, 0.3) is 0 Å². The zero-order valence-corrected chi connectivity index (χ0v) is 16.0. The maximum atomic E-state index is 12.9. The molecular weight excluding hydrogens is 364 g/mol. The summed E-state index contributed by atoms with van der Waals surface area (Å²) in [5.74, 6) is 1.31. The first kappa shape index (κ1) is 19.4. The topological polar surface area (TPSA) is 67.6 Å². The van der Waals surface area contributed by atoms with Gasteiger partial charge >= 0.3 is 6.61 Å². The van der Waals surface area contributed by atoms with E-state index in [1.54, 1.807) is 18.2 Å². The van der Waals surface area contributed by atoms with Crippen LogP contribution in [0.25, 0.3) is 0 Å². The van der Waals surface area contributed by atoms with Crippen LogP contribution in [-0.4, -0.2) is 37.7 Å². The van der Waals surface area contributed by atoms with Gasteiger partial charge < -0.3 is 20.7 Å². The van der Waals surface area contributed by atoms with Gasteiger partial charge in [0.05, 0.1) is 5.69 Å². The molecule has 1 heterocycles. The lowest BCUT2D eigenvalue weighted by Gasteiger charge is -2.43. The molecule has 1 aromatic carbocycles. The molecule has 3 N–H and O–H groups in total. The smallest absolute Gasteiger partial charge is 0.387 e. The molecule has 28 heavy (non-hydrogen) atoms. The maximum absolute atomic E-state index is 12.9. The van der Waals surface area contributed by atoms with Gasteiger partial charge in [0.15, 0.2) is 0 Å². The molecule has 0 aromatic heterocycles. The van der Waals surface area contributed by atoms with Gasteiger partial charge in [-0.05, 0) is 56.1 Å². The summed E-state index contributed by atoms with van der Waals surface area (Å²) in [6.45, 7) is -1.54. The molecule has 0 spiro atoms. The molecule has 0 radical (unpaired) electrons. The molecule has 3 fully saturated rings. The van der Waals surface area contributed by atoms with Gasteiger partial charge in [0, 0.05) is 31.1 Å². The molecule has 1 saturated heterocycles. The number of alkyl halides is 2. The Morgan fingerprint density at radius 1 is 1.18 bits per heavy atom. The summed E-state index contributed by atoms with van der Waals surface area (Å²) in [7, 11) is 0. The minimum absolute atomic E-state index is 0.0301. The standard InChI is InChI=1S/C21H29F2N3O2/c22-21(23)28-18-7-2-1-6-17(18)26-9-8-16(12-26)25-20(27)15-10-13-4-3-5-14(11-15)19(13)24/h1-2,6-7,13-16,19,21H,3-5,8-12,24H2,(H,25,27). The summed E-state index contributed by atoms with van der Waals surface area (Å²) < 4.78 is 30.0. The molecule has 1 aromatic rings. The normalized spacial score (nSPS) is 32.4. The Morgan fingerprint density at radius 3 is 2.61 bits per heavy atom. The first-order chi connectivity index (χ1) is 13.5. The zero-order chi connectivity index (χ0) is 19.7. The highest BCUT2D eigenvalue weighted by Crippen LogP contribution is 2.42. The predicted molar refractivity (Wildman–Crippen MR) is 103 cm³/mol. The Morgan fingerprint density at radius 2 is 1.89 bits per heavy atom. The van der Waals surface area contributed by atoms with E-state index < -0.39 is 6.61 Å². The van der Waals surface area contributed by atoms with Crippen molar-refractivity contribution in [2.24, 2.45) is 23.5 Å². The molecule has 3 aliphatic rings. The average molecular weight is 393 g/mol. The zero-order valence-electron chi connectivity index (χ0n) is 16.0. The van der Waals surface area contributed by atoms with Gasteiger partial charge in [0.2, 0.25) is 5.91 Å². The molecule has 2 bridgehead atoms. The van der Waals surface area contributed by atoms with Crippen LogP contribution < -0.4 is 20.7 Å². The highest BCUT2D eigenvalue weighted by Gasteiger charge is 2.41. The predicted octanol–water partition coefficient (Wildman–Crippen LogP) is 3.14. The number of carbonyl (C=O) groups excluding carboxylic acids is 1. The highest BCUT2D eigenvalue weighted by molar-refractivity contribution is 5.79. The molecule has 7 heteroatoms. The first-order valence-corrected chi connectivity index (χ1v) is 10.4. The largest absolute Gasteiger partial charge is 0.433 e. The summed E-state index contributed by atoms with van der Waals surface area (Å²) in [5.41, 5.74) is 6.99. The second-order valence-corrected chi connectivity index (χ2v) is 8.48. The van der Waals surface area contributed by atoms with Gasteiger partial charge in [0.1, 0.15) is 5.75 Å². The Labute approximate surface area is 164 Å². The second-order valence-electron chi connectivity index (χ2n) is 8.48. The van der Waals surface area contributed by atoms with Crippen molar-refractivity contribution in [3.8, 4) is 5.75 Å². The number of rotatable bonds is 5. The van der Waals surface area contributed by atoms with Crippen LogP contribution in [0, 0.1) is 17.8 Å². The van der Waals surface area contributed by atoms with Crippen molar-refractivity contribution >= 4 is 11.6 Å². The van der Waals surface area contributed by atoms with E-state index in [-0.39, 0.29) is 29.7 Å². The molecule has 3 atom stereocenters. The molecule has 2 aliphatic carbocycles. The van der Waals surface area contributed by atoms with E-state index in [1.165, 1.54) is 6.42 Å². The monoisotopic (exact) mass is 393 g/mol. The van der Waals surface area contributed by atoms with Crippen LogP contribution in [0.15, 0.2) is 24.3 Å². The third kappa shape index (κ3) is 4.09. The second kappa shape index (κ2) is 8.23. The SMILES string of the molecule is NC1C2CCCC1CC(C(=O)NC1CCN(c3ccccc3OC(F)F)C1)C2. The summed E-state index contributed by atoms with van der Waals surface area (Å²) >= 11 is 0. The number of nitrogens with two attached hydrogens (primary N) is 1. The van der Waals surface area contributed by atoms with E-state index >= 15 is 0 Å². The van der Waals surface area contributed by atoms with Crippen LogP contribution in [0.4, 0.5) is 14.5 Å². The number of hydrogen-bond acceptors (Lipinski definition) is 4. The van der Waals surface area contributed by atoms with Gasteiger partial charge in [-0.25, -0.2) is 0 Å². The number of amides is 1. The fraction of sp³-hybridized carbons (Fsp3) is 0.667. The van der Waals surface area contributed by atoms with Crippen molar-refractivity contribution in [1.82, 2.24) is 5.32 Å². The molecule has 154 valence electrons. The van der Waals surface area contributed by atoms with E-state index in [0.717, 1.165) is 32.1 Å². The summed E-state index contributed by atoms with van der Waals surface area (Å²) in [6.07, 6.45) is 6.10. The van der Waals surface area contributed by atoms with Crippen LogP contribution in [0.3, 0.4) is 0 Å². The number of fused-ring (bicyclic) bond motifs is 2. The van der Waals surface area contributed by atoms with E-state index in [9.17, 15) is 13.6 Å². The number of anilines is 1. The van der Waals surface area contributed by atoms with E-state index in [1.807, 2.05) is 11.0 Å². The summed E-state index contributed by atoms with van der Waals surface area (Å²) in [4.78, 5) is 14.9. The number of nitrogens with one attached hydrogen (secondary N) is 1. The summed E-state index contributed by atoms with van der Waals surface area (Å²) in [5, 5.41) is 3.20. The number of benzene rings is 1. The fourth-order valence-electron chi connectivity index (χ4n) is 5.33. The van der Waals surface area contributed by atoms with Crippen molar-refractivity contribution < 1.29 is 18.3 Å². The number of carbonyl (C=O) groups is 1. The number of ether oxygens (including phenoxy) is 1. The highest BCUT2D eigenvalue weighted by atomic mass is 19.3. The van der Waals surface area contributed by atoms with Crippen molar-refractivity contribution in [1.29, 1.82) is 0 Å². The van der Waals surface area contributed by atoms with E-state index in [2.05, 4.69) is 10.1 Å². The van der Waals surface area contributed by atoms with Crippen molar-refractivity contribution in [2.75, 3.05) is 18.0 Å². The van der Waals surface area contributed by atoms with Crippen molar-refractivity contribution in [3.63, 3.8) is 0 Å². The van der Waals surface area contributed by atoms with Gasteiger partial charge in [-0.2, -0.15) is 8.78 Å². The lowest BCUT2D eigenvalue weighted by Crippen LogP contribution is -2.50. The first-order valence-electron chi connectivity index (χ1n) is 10.4. The number of hydrogen-bond donors (Lipinski definition) is 2. The number of para-hydroxylation sites is 2. The quantitative estimate of drug-likeness (QED) is 0.807. The third-order valence-electron chi connectivity index (χ3n) is 6.74. The Bertz CT molecular complexity index is 688. The molecule has 5 nitrogen and oxygen atoms in total. The van der Waals surface area contributed by atoms with E-state index in [0.29, 0.717) is 30.6 Å². The Hall–Kier alpha value is -1.89. The molecule has 3 unspecified atom stereocenters. The molecule has 2 saturated carbocycles. The molecule has 4 rings (SSSR count). The Balaban J connectivity index is 1.35. The van der Waals surface area contributed by atoms with Crippen LogP contribution >= 0.6 is 0 Å². The van der Waals surface area contributed by atoms with Crippen LogP contribution in [0.5, 0.6) is 5.75 Å². The fourth-order valence-corrected chi connectivity index (χ4v) is 5.33. The molecule has 1 aliphatic heterocycles. The minimum Gasteiger partial charge on any atom is -0.433 e. The summed E-state index contributed by atoms with van der Waals surface area (Å²) in [6, 6.07) is 7.11. The van der Waals surface area contributed by atoms with Crippen molar-refractivity contribution in [3.05, 3.63) is 24.3 Å². The van der Waals surface area contributed by atoms with E-state index in [4.69, 9.17) is 5.73 Å². The van der Waals surface area contributed by atoms with Gasteiger partial charge in [-0.1, -0.05) is 18.6 Å². The minimum atomic E-state index is -2.85.